The molecule has 8 heteroatoms. The predicted octanol–water partition coefficient (Wildman–Crippen LogP) is 3.60. The molecule has 0 N–H and O–H groups in total. The third-order valence-electron chi connectivity index (χ3n) is 5.31. The van der Waals surface area contributed by atoms with E-state index in [-0.39, 0.29) is 11.9 Å². The van der Waals surface area contributed by atoms with Gasteiger partial charge in [-0.1, -0.05) is 31.9 Å². The average molecular weight is 433 g/mol. The van der Waals surface area contributed by atoms with Crippen LogP contribution in [-0.2, 0) is 16.1 Å². The van der Waals surface area contributed by atoms with Gasteiger partial charge in [0.25, 0.3) is 5.91 Å². The van der Waals surface area contributed by atoms with Crippen LogP contribution in [-0.4, -0.2) is 68.3 Å². The molecular weight excluding hydrogens is 396 g/mol. The number of unbranched alkanes of at least 4 members (excludes halogenated alkanes) is 2. The van der Waals surface area contributed by atoms with E-state index >= 15 is 0 Å². The number of rotatable bonds is 13. The van der Waals surface area contributed by atoms with Crippen LogP contribution in [0.3, 0.4) is 0 Å². The van der Waals surface area contributed by atoms with Crippen molar-refractivity contribution in [3.8, 4) is 5.75 Å². The van der Waals surface area contributed by atoms with Gasteiger partial charge in [0.05, 0.1) is 39.6 Å². The Morgan fingerprint density at radius 1 is 1.16 bits per heavy atom. The molecule has 1 atom stereocenters. The molecule has 0 aliphatic carbocycles. The summed E-state index contributed by atoms with van der Waals surface area (Å²) >= 11 is 0. The van der Waals surface area contributed by atoms with Crippen LogP contribution in [0.4, 0.5) is 5.82 Å². The molecule has 0 fully saturated rings. The molecule has 0 radical (unpaired) electrons. The number of aromatic nitrogens is 2. The van der Waals surface area contributed by atoms with Gasteiger partial charge in [-0.05, 0) is 31.0 Å². The van der Waals surface area contributed by atoms with Crippen molar-refractivity contribution in [3.63, 3.8) is 0 Å². The monoisotopic (exact) mass is 432 g/mol. The summed E-state index contributed by atoms with van der Waals surface area (Å²) in [5.74, 6) is 1.35. The first-order chi connectivity index (χ1) is 15.0. The molecule has 1 unspecified atom stereocenters. The second kappa shape index (κ2) is 12.3. The lowest BCUT2D eigenvalue weighted by atomic mass is 10.1. The molecule has 0 saturated carbocycles. The fraction of sp³-hybridized carbons (Fsp3) is 0.565. The Morgan fingerprint density at radius 3 is 2.45 bits per heavy atom. The number of carbonyl (C=O) groups excluding carboxylic acids is 1. The Hall–Kier alpha value is -2.58. The van der Waals surface area contributed by atoms with Crippen molar-refractivity contribution in [2.75, 3.05) is 46.4 Å². The molecule has 31 heavy (non-hydrogen) atoms. The van der Waals surface area contributed by atoms with Gasteiger partial charge in [-0.25, -0.2) is 9.75 Å². The summed E-state index contributed by atoms with van der Waals surface area (Å²) in [6, 6.07) is 7.94. The maximum Gasteiger partial charge on any atom is 0.282 e. The van der Waals surface area contributed by atoms with E-state index < -0.39 is 0 Å². The van der Waals surface area contributed by atoms with Crippen molar-refractivity contribution in [3.05, 3.63) is 41.6 Å². The number of methoxy groups -OCH3 is 2. The van der Waals surface area contributed by atoms with Crippen LogP contribution in [0.5, 0.6) is 5.75 Å². The maximum absolute atomic E-state index is 13.0. The number of nitrogens with zero attached hydrogens (tertiary/aromatic N) is 4. The highest BCUT2D eigenvalue weighted by atomic mass is 16.7. The standard InChI is InChI=1S/C23H36N4O4/c1-7-8-9-14-26(18(2)17-29-4)22-21(23(28)25(3)31-6)15-24-27(22)16-19-10-12-20(30-5)13-11-19/h10-13,15,18H,7-9,14,16-17H2,1-6H3. The molecule has 0 aliphatic heterocycles. The fourth-order valence-corrected chi connectivity index (χ4v) is 3.50. The van der Waals surface area contributed by atoms with Crippen LogP contribution in [0.25, 0.3) is 0 Å². The summed E-state index contributed by atoms with van der Waals surface area (Å²) in [4.78, 5) is 20.4. The maximum atomic E-state index is 13.0. The summed E-state index contributed by atoms with van der Waals surface area (Å²) in [5, 5.41) is 5.81. The Labute approximate surface area is 185 Å². The summed E-state index contributed by atoms with van der Waals surface area (Å²) in [6.07, 6.45) is 4.88. The molecule has 2 rings (SSSR count). The van der Waals surface area contributed by atoms with Crippen molar-refractivity contribution in [2.24, 2.45) is 0 Å². The molecular formula is C23H36N4O4. The molecule has 1 amide bonds. The van der Waals surface area contributed by atoms with E-state index in [0.717, 1.165) is 42.9 Å². The topological polar surface area (TPSA) is 69.1 Å². The minimum atomic E-state index is -0.233. The molecule has 1 heterocycles. The van der Waals surface area contributed by atoms with E-state index in [4.69, 9.17) is 14.3 Å². The highest BCUT2D eigenvalue weighted by molar-refractivity contribution is 5.98. The number of ether oxygens (including phenoxy) is 2. The third kappa shape index (κ3) is 6.45. The molecule has 8 nitrogen and oxygen atoms in total. The first-order valence-electron chi connectivity index (χ1n) is 10.7. The SMILES string of the molecule is CCCCCN(c1c(C(=O)N(C)OC)cnn1Cc1ccc(OC)cc1)C(C)COC. The van der Waals surface area contributed by atoms with Gasteiger partial charge in [0.15, 0.2) is 0 Å². The van der Waals surface area contributed by atoms with Crippen molar-refractivity contribution < 1.29 is 19.1 Å². The molecule has 2 aromatic rings. The summed E-state index contributed by atoms with van der Waals surface area (Å²) in [7, 11) is 6.43. The first-order valence-corrected chi connectivity index (χ1v) is 10.7. The van der Waals surface area contributed by atoms with Crippen LogP contribution < -0.4 is 9.64 Å². The fourth-order valence-electron chi connectivity index (χ4n) is 3.50. The molecule has 0 aliphatic rings. The Kier molecular flexibility index (Phi) is 9.81. The van der Waals surface area contributed by atoms with E-state index in [0.29, 0.717) is 18.7 Å². The number of hydrogen-bond donors (Lipinski definition) is 0. The highest BCUT2D eigenvalue weighted by Gasteiger charge is 2.27. The number of amides is 1. The van der Waals surface area contributed by atoms with Crippen LogP contribution >= 0.6 is 0 Å². The minimum absolute atomic E-state index is 0.0765. The van der Waals surface area contributed by atoms with Gasteiger partial charge in [-0.2, -0.15) is 5.10 Å². The van der Waals surface area contributed by atoms with E-state index in [1.165, 1.54) is 12.2 Å². The number of hydroxylamine groups is 2. The zero-order valence-electron chi connectivity index (χ0n) is 19.6. The second-order valence-corrected chi connectivity index (χ2v) is 7.58. The van der Waals surface area contributed by atoms with Gasteiger partial charge in [-0.3, -0.25) is 9.63 Å². The van der Waals surface area contributed by atoms with Crippen LogP contribution in [0.1, 0.15) is 49.0 Å². The van der Waals surface area contributed by atoms with Gasteiger partial charge in [0, 0.05) is 20.7 Å². The summed E-state index contributed by atoms with van der Waals surface area (Å²) in [6.45, 7) is 6.18. The van der Waals surface area contributed by atoms with Crippen molar-refractivity contribution >= 4 is 11.7 Å². The Balaban J connectivity index is 2.48. The molecule has 0 bridgehead atoms. The molecule has 1 aromatic heterocycles. The van der Waals surface area contributed by atoms with E-state index in [2.05, 4.69) is 23.8 Å². The van der Waals surface area contributed by atoms with Crippen molar-refractivity contribution in [1.82, 2.24) is 14.8 Å². The van der Waals surface area contributed by atoms with E-state index in [1.807, 2.05) is 28.9 Å². The van der Waals surface area contributed by atoms with Crippen molar-refractivity contribution in [1.29, 1.82) is 0 Å². The zero-order valence-corrected chi connectivity index (χ0v) is 19.6. The molecule has 0 saturated heterocycles. The highest BCUT2D eigenvalue weighted by Crippen LogP contribution is 2.26. The minimum Gasteiger partial charge on any atom is -0.497 e. The Bertz CT molecular complexity index is 806. The van der Waals surface area contributed by atoms with Crippen LogP contribution in [0.2, 0.25) is 0 Å². The Morgan fingerprint density at radius 2 is 1.87 bits per heavy atom. The second-order valence-electron chi connectivity index (χ2n) is 7.58. The van der Waals surface area contributed by atoms with Gasteiger partial charge in [0.1, 0.15) is 17.1 Å². The van der Waals surface area contributed by atoms with Crippen LogP contribution in [0.15, 0.2) is 30.5 Å². The van der Waals surface area contributed by atoms with Crippen LogP contribution in [0, 0.1) is 0 Å². The van der Waals surface area contributed by atoms with Crippen molar-refractivity contribution in [2.45, 2.75) is 45.7 Å². The number of benzene rings is 1. The summed E-state index contributed by atoms with van der Waals surface area (Å²) in [5.41, 5.74) is 1.58. The van der Waals surface area contributed by atoms with Gasteiger partial charge in [0.2, 0.25) is 0 Å². The lowest BCUT2D eigenvalue weighted by Crippen LogP contribution is -2.40. The third-order valence-corrected chi connectivity index (χ3v) is 5.31. The quantitative estimate of drug-likeness (QED) is 0.356. The smallest absolute Gasteiger partial charge is 0.282 e. The number of anilines is 1. The van der Waals surface area contributed by atoms with E-state index in [9.17, 15) is 4.79 Å². The average Bonchev–Trinajstić information content (AvgIpc) is 3.19. The normalized spacial score (nSPS) is 11.9. The number of carbonyl (C=O) groups is 1. The first kappa shape index (κ1) is 24.7. The summed E-state index contributed by atoms with van der Waals surface area (Å²) < 4.78 is 12.6. The zero-order chi connectivity index (χ0) is 22.8. The van der Waals surface area contributed by atoms with Gasteiger partial charge >= 0.3 is 0 Å². The van der Waals surface area contributed by atoms with Gasteiger partial charge in [-0.15, -0.1) is 0 Å². The lowest BCUT2D eigenvalue weighted by molar-refractivity contribution is -0.0756. The molecule has 0 spiro atoms. The van der Waals surface area contributed by atoms with E-state index in [1.54, 1.807) is 27.5 Å². The number of hydrogen-bond acceptors (Lipinski definition) is 6. The van der Waals surface area contributed by atoms with Gasteiger partial charge < -0.3 is 14.4 Å². The lowest BCUT2D eigenvalue weighted by Gasteiger charge is -2.32. The largest absolute Gasteiger partial charge is 0.497 e. The predicted molar refractivity (Wildman–Crippen MR) is 122 cm³/mol. The molecule has 1 aromatic carbocycles. The molecule has 172 valence electrons.